The Morgan fingerprint density at radius 2 is 2.11 bits per heavy atom. The van der Waals surface area contributed by atoms with E-state index in [1.54, 1.807) is 6.07 Å². The van der Waals surface area contributed by atoms with Gasteiger partial charge < -0.3 is 19.5 Å². The van der Waals surface area contributed by atoms with Gasteiger partial charge in [-0.3, -0.25) is 0 Å². The number of nitrogens with one attached hydrogen (secondary N) is 1. The second-order valence-electron chi connectivity index (χ2n) is 4.65. The van der Waals surface area contributed by atoms with E-state index in [1.165, 1.54) is 6.42 Å². The summed E-state index contributed by atoms with van der Waals surface area (Å²) in [6.07, 6.45) is 2.34. The van der Waals surface area contributed by atoms with Crippen LogP contribution in [0.25, 0.3) is 0 Å². The van der Waals surface area contributed by atoms with Crippen molar-refractivity contribution in [1.29, 1.82) is 0 Å². The van der Waals surface area contributed by atoms with E-state index in [4.69, 9.17) is 25.8 Å². The summed E-state index contributed by atoms with van der Waals surface area (Å²) in [5, 5.41) is 4.03. The number of fused-ring (bicyclic) bond motifs is 1. The fourth-order valence-electron chi connectivity index (χ4n) is 2.28. The molecule has 1 N–H and O–H groups in total. The van der Waals surface area contributed by atoms with Gasteiger partial charge in [-0.1, -0.05) is 11.6 Å². The van der Waals surface area contributed by atoms with Gasteiger partial charge in [-0.15, -0.1) is 0 Å². The van der Waals surface area contributed by atoms with Crippen molar-refractivity contribution >= 4 is 17.3 Å². The molecule has 2 aliphatic rings. The smallest absolute Gasteiger partial charge is 0.231 e. The largest absolute Gasteiger partial charge is 0.454 e. The maximum atomic E-state index is 6.20. The first-order valence-corrected chi connectivity index (χ1v) is 6.61. The molecule has 5 heteroatoms. The average molecular weight is 270 g/mol. The summed E-state index contributed by atoms with van der Waals surface area (Å²) in [5.41, 5.74) is 0.895. The number of benzene rings is 1. The third-order valence-electron chi connectivity index (χ3n) is 3.30. The molecule has 0 radical (unpaired) electrons. The van der Waals surface area contributed by atoms with Gasteiger partial charge in [-0.25, -0.2) is 0 Å². The summed E-state index contributed by atoms with van der Waals surface area (Å²) in [5.74, 6) is 2.02. The second kappa shape index (κ2) is 5.24. The fraction of sp³-hybridized carbons (Fsp3) is 0.538. The molecule has 0 saturated carbocycles. The first-order chi connectivity index (χ1) is 8.83. The molecule has 0 aromatic heterocycles. The summed E-state index contributed by atoms with van der Waals surface area (Å²) in [6, 6.07) is 3.69. The van der Waals surface area contributed by atoms with E-state index < -0.39 is 0 Å². The summed E-state index contributed by atoms with van der Waals surface area (Å²) < 4.78 is 16.1. The number of halogens is 1. The third kappa shape index (κ3) is 2.49. The maximum absolute atomic E-state index is 6.20. The van der Waals surface area contributed by atoms with E-state index in [0.717, 1.165) is 37.6 Å². The van der Waals surface area contributed by atoms with Crippen molar-refractivity contribution in [3.63, 3.8) is 0 Å². The molecule has 0 bridgehead atoms. The molecule has 1 fully saturated rings. The predicted molar refractivity (Wildman–Crippen MR) is 69.6 cm³/mol. The van der Waals surface area contributed by atoms with Crippen molar-refractivity contribution in [3.8, 4) is 11.5 Å². The first kappa shape index (κ1) is 11.9. The Morgan fingerprint density at radius 3 is 2.89 bits per heavy atom. The summed E-state index contributed by atoms with van der Waals surface area (Å²) in [7, 11) is 0. The van der Waals surface area contributed by atoms with Crippen LogP contribution < -0.4 is 14.8 Å². The molecule has 2 heterocycles. The van der Waals surface area contributed by atoms with Crippen LogP contribution in [-0.2, 0) is 4.74 Å². The van der Waals surface area contributed by atoms with Crippen LogP contribution in [0.2, 0.25) is 5.02 Å². The minimum atomic E-state index is 0.269. The van der Waals surface area contributed by atoms with Crippen LogP contribution >= 0.6 is 11.6 Å². The normalized spacial score (nSPS) is 21.9. The monoisotopic (exact) mass is 269 g/mol. The number of hydrogen-bond donors (Lipinski definition) is 1. The zero-order valence-corrected chi connectivity index (χ0v) is 10.8. The van der Waals surface area contributed by atoms with E-state index in [0.29, 0.717) is 16.7 Å². The van der Waals surface area contributed by atoms with Crippen LogP contribution in [0.5, 0.6) is 11.5 Å². The molecule has 2 aliphatic heterocycles. The van der Waals surface area contributed by atoms with Gasteiger partial charge in [0.1, 0.15) is 0 Å². The lowest BCUT2D eigenvalue weighted by Crippen LogP contribution is -2.24. The molecule has 1 aromatic carbocycles. The highest BCUT2D eigenvalue weighted by molar-refractivity contribution is 6.33. The van der Waals surface area contributed by atoms with Gasteiger partial charge in [-0.2, -0.15) is 0 Å². The molecule has 4 nitrogen and oxygen atoms in total. The molecule has 98 valence electrons. The van der Waals surface area contributed by atoms with Gasteiger partial charge in [-0.05, 0) is 18.8 Å². The lowest BCUT2D eigenvalue weighted by Gasteiger charge is -2.23. The molecule has 0 amide bonds. The molecule has 1 unspecified atom stereocenters. The predicted octanol–water partition coefficient (Wildman–Crippen LogP) is 2.91. The average Bonchev–Trinajstić information content (AvgIpc) is 2.84. The van der Waals surface area contributed by atoms with E-state index in [-0.39, 0.29) is 6.79 Å². The molecule has 1 saturated heterocycles. The minimum Gasteiger partial charge on any atom is -0.454 e. The van der Waals surface area contributed by atoms with E-state index in [1.807, 2.05) is 6.07 Å². The van der Waals surface area contributed by atoms with Gasteiger partial charge >= 0.3 is 0 Å². The first-order valence-electron chi connectivity index (χ1n) is 6.23. The van der Waals surface area contributed by atoms with Gasteiger partial charge in [0.25, 0.3) is 0 Å². The minimum absolute atomic E-state index is 0.269. The fourth-order valence-corrected chi connectivity index (χ4v) is 2.50. The standard InChI is InChI=1S/C13H16ClNO3/c14-10-4-12-13(18-8-17-12)5-11(10)15-6-9-2-1-3-16-7-9/h4-5,9,15H,1-3,6-8H2. The Kier molecular flexibility index (Phi) is 3.48. The molecular weight excluding hydrogens is 254 g/mol. The van der Waals surface area contributed by atoms with Crippen molar-refractivity contribution < 1.29 is 14.2 Å². The molecule has 3 rings (SSSR count). The number of rotatable bonds is 3. The molecule has 18 heavy (non-hydrogen) atoms. The highest BCUT2D eigenvalue weighted by atomic mass is 35.5. The molecule has 1 aromatic rings. The van der Waals surface area contributed by atoms with Gasteiger partial charge in [0.15, 0.2) is 11.5 Å². The van der Waals surface area contributed by atoms with Crippen LogP contribution in [0.3, 0.4) is 0 Å². The zero-order valence-electron chi connectivity index (χ0n) is 10.1. The Labute approximate surface area is 111 Å². The molecule has 0 spiro atoms. The van der Waals surface area contributed by atoms with E-state index in [9.17, 15) is 0 Å². The summed E-state index contributed by atoms with van der Waals surface area (Å²) in [6.45, 7) is 2.86. The van der Waals surface area contributed by atoms with Crippen LogP contribution in [-0.4, -0.2) is 26.6 Å². The van der Waals surface area contributed by atoms with E-state index in [2.05, 4.69) is 5.32 Å². The van der Waals surface area contributed by atoms with Gasteiger partial charge in [0, 0.05) is 25.3 Å². The van der Waals surface area contributed by atoms with Crippen molar-refractivity contribution in [2.75, 3.05) is 31.9 Å². The van der Waals surface area contributed by atoms with Crippen molar-refractivity contribution in [3.05, 3.63) is 17.2 Å². The van der Waals surface area contributed by atoms with Crippen LogP contribution in [0.4, 0.5) is 5.69 Å². The second-order valence-corrected chi connectivity index (χ2v) is 5.06. The molecular formula is C13H16ClNO3. The topological polar surface area (TPSA) is 39.7 Å². The van der Waals surface area contributed by atoms with Crippen LogP contribution in [0, 0.1) is 5.92 Å². The summed E-state index contributed by atoms with van der Waals surface area (Å²) in [4.78, 5) is 0. The highest BCUT2D eigenvalue weighted by Gasteiger charge is 2.18. The van der Waals surface area contributed by atoms with Crippen LogP contribution in [0.1, 0.15) is 12.8 Å². The van der Waals surface area contributed by atoms with E-state index >= 15 is 0 Å². The lowest BCUT2D eigenvalue weighted by molar-refractivity contribution is 0.0595. The quantitative estimate of drug-likeness (QED) is 0.916. The van der Waals surface area contributed by atoms with Crippen molar-refractivity contribution in [1.82, 2.24) is 0 Å². The highest BCUT2D eigenvalue weighted by Crippen LogP contribution is 2.39. The van der Waals surface area contributed by atoms with Gasteiger partial charge in [0.05, 0.1) is 17.3 Å². The number of ether oxygens (including phenoxy) is 3. The molecule has 1 atom stereocenters. The van der Waals surface area contributed by atoms with Crippen LogP contribution in [0.15, 0.2) is 12.1 Å². The number of hydrogen-bond acceptors (Lipinski definition) is 4. The Balaban J connectivity index is 1.65. The zero-order chi connectivity index (χ0) is 12.4. The van der Waals surface area contributed by atoms with Gasteiger partial charge in [0.2, 0.25) is 6.79 Å². The third-order valence-corrected chi connectivity index (χ3v) is 3.61. The maximum Gasteiger partial charge on any atom is 0.231 e. The lowest BCUT2D eigenvalue weighted by atomic mass is 10.0. The Hall–Kier alpha value is -1.13. The summed E-state index contributed by atoms with van der Waals surface area (Å²) >= 11 is 6.20. The SMILES string of the molecule is Clc1cc2c(cc1NCC1CCCOC1)OCO2. The van der Waals surface area contributed by atoms with Crippen molar-refractivity contribution in [2.45, 2.75) is 12.8 Å². The Morgan fingerprint density at radius 1 is 1.28 bits per heavy atom. The molecule has 0 aliphatic carbocycles. The Bertz CT molecular complexity index is 432. The number of anilines is 1. The van der Waals surface area contributed by atoms with Crippen molar-refractivity contribution in [2.24, 2.45) is 5.92 Å².